The van der Waals surface area contributed by atoms with Crippen molar-refractivity contribution in [2.45, 2.75) is 6.92 Å². The van der Waals surface area contributed by atoms with Crippen molar-refractivity contribution in [3.63, 3.8) is 0 Å². The molecular formula is C33H22O. The van der Waals surface area contributed by atoms with Gasteiger partial charge in [-0.3, -0.25) is 0 Å². The Balaban J connectivity index is 1.74. The molecule has 0 fully saturated rings. The number of hydrogen-bond acceptors (Lipinski definition) is 1. The van der Waals surface area contributed by atoms with Gasteiger partial charge in [-0.1, -0.05) is 109 Å². The Morgan fingerprint density at radius 3 is 1.74 bits per heavy atom. The summed E-state index contributed by atoms with van der Waals surface area (Å²) in [6.45, 7) is 2.23. The number of aryl methyl sites for hydroxylation is 1. The monoisotopic (exact) mass is 434 g/mol. The SMILES string of the molecule is Cc1c2ccccc2c(-c2ccccc2)c2oc3c4ccccc4c(-c4ccccc4)cc3c12. The molecule has 1 nitrogen and oxygen atoms in total. The van der Waals surface area contributed by atoms with Crippen molar-refractivity contribution in [1.29, 1.82) is 0 Å². The minimum atomic E-state index is 0.959. The lowest BCUT2D eigenvalue weighted by molar-refractivity contribution is 0.674. The summed E-state index contributed by atoms with van der Waals surface area (Å²) >= 11 is 0. The first-order valence-electron chi connectivity index (χ1n) is 11.7. The second-order valence-corrected chi connectivity index (χ2v) is 8.93. The van der Waals surface area contributed by atoms with Gasteiger partial charge in [0.2, 0.25) is 0 Å². The van der Waals surface area contributed by atoms with Gasteiger partial charge in [-0.15, -0.1) is 0 Å². The first-order valence-corrected chi connectivity index (χ1v) is 11.7. The second-order valence-electron chi connectivity index (χ2n) is 8.93. The molecule has 34 heavy (non-hydrogen) atoms. The van der Waals surface area contributed by atoms with Gasteiger partial charge in [0.05, 0.1) is 0 Å². The van der Waals surface area contributed by atoms with Crippen LogP contribution in [0.1, 0.15) is 5.56 Å². The lowest BCUT2D eigenvalue weighted by Gasteiger charge is -2.12. The van der Waals surface area contributed by atoms with E-state index < -0.39 is 0 Å². The van der Waals surface area contributed by atoms with E-state index in [4.69, 9.17) is 4.42 Å². The topological polar surface area (TPSA) is 13.1 Å². The average molecular weight is 435 g/mol. The minimum Gasteiger partial charge on any atom is -0.455 e. The minimum absolute atomic E-state index is 0.959. The van der Waals surface area contributed by atoms with Gasteiger partial charge >= 0.3 is 0 Å². The van der Waals surface area contributed by atoms with Crippen molar-refractivity contribution in [3.8, 4) is 22.3 Å². The summed E-state index contributed by atoms with van der Waals surface area (Å²) < 4.78 is 6.83. The van der Waals surface area contributed by atoms with Crippen LogP contribution in [0.3, 0.4) is 0 Å². The normalized spacial score (nSPS) is 11.7. The summed E-state index contributed by atoms with van der Waals surface area (Å²) in [7, 11) is 0. The van der Waals surface area contributed by atoms with E-state index in [1.807, 2.05) is 0 Å². The fourth-order valence-corrected chi connectivity index (χ4v) is 5.50. The number of fused-ring (bicyclic) bond motifs is 6. The molecule has 7 rings (SSSR count). The number of furan rings is 1. The van der Waals surface area contributed by atoms with Crippen LogP contribution >= 0.6 is 0 Å². The fourth-order valence-electron chi connectivity index (χ4n) is 5.50. The van der Waals surface area contributed by atoms with Crippen LogP contribution in [0.4, 0.5) is 0 Å². The molecule has 0 aliphatic carbocycles. The zero-order chi connectivity index (χ0) is 22.6. The molecule has 0 unspecified atom stereocenters. The summed E-state index contributed by atoms with van der Waals surface area (Å²) in [5.41, 5.74) is 7.98. The molecule has 6 aromatic carbocycles. The highest BCUT2D eigenvalue weighted by molar-refractivity contribution is 6.25. The lowest BCUT2D eigenvalue weighted by Crippen LogP contribution is -1.87. The molecule has 0 saturated heterocycles. The molecule has 0 saturated carbocycles. The van der Waals surface area contributed by atoms with Crippen LogP contribution in [0, 0.1) is 6.92 Å². The Morgan fingerprint density at radius 1 is 0.471 bits per heavy atom. The van der Waals surface area contributed by atoms with E-state index in [2.05, 4.69) is 122 Å². The third-order valence-electron chi connectivity index (χ3n) is 7.05. The molecular weight excluding hydrogens is 412 g/mol. The maximum absolute atomic E-state index is 6.83. The van der Waals surface area contributed by atoms with Crippen LogP contribution in [-0.2, 0) is 0 Å². The zero-order valence-electron chi connectivity index (χ0n) is 18.9. The third kappa shape index (κ3) is 2.67. The number of benzene rings is 6. The molecule has 7 aromatic rings. The first-order chi connectivity index (χ1) is 16.8. The highest BCUT2D eigenvalue weighted by Gasteiger charge is 2.21. The maximum Gasteiger partial charge on any atom is 0.144 e. The van der Waals surface area contributed by atoms with Crippen LogP contribution in [0.25, 0.3) is 65.7 Å². The smallest absolute Gasteiger partial charge is 0.144 e. The molecule has 1 heterocycles. The summed E-state index contributed by atoms with van der Waals surface area (Å²) in [5, 5.41) is 7.24. The van der Waals surface area contributed by atoms with Gasteiger partial charge in [-0.05, 0) is 51.4 Å². The van der Waals surface area contributed by atoms with E-state index in [9.17, 15) is 0 Å². The Hall–Kier alpha value is -4.36. The van der Waals surface area contributed by atoms with E-state index in [0.29, 0.717) is 0 Å². The molecule has 0 aliphatic heterocycles. The molecule has 0 amide bonds. The van der Waals surface area contributed by atoms with E-state index >= 15 is 0 Å². The van der Waals surface area contributed by atoms with Crippen molar-refractivity contribution >= 4 is 43.5 Å². The fraction of sp³-hybridized carbons (Fsp3) is 0.0303. The van der Waals surface area contributed by atoms with Gasteiger partial charge < -0.3 is 4.42 Å². The predicted molar refractivity (Wildman–Crippen MR) is 144 cm³/mol. The van der Waals surface area contributed by atoms with Crippen LogP contribution in [0.15, 0.2) is 120 Å². The van der Waals surface area contributed by atoms with Crippen molar-refractivity contribution in [3.05, 3.63) is 121 Å². The van der Waals surface area contributed by atoms with Crippen LogP contribution in [0.5, 0.6) is 0 Å². The van der Waals surface area contributed by atoms with Crippen LogP contribution in [0.2, 0.25) is 0 Å². The van der Waals surface area contributed by atoms with Gasteiger partial charge in [0.25, 0.3) is 0 Å². The second kappa shape index (κ2) is 7.33. The average Bonchev–Trinajstić information content (AvgIpc) is 3.29. The Morgan fingerprint density at radius 2 is 1.03 bits per heavy atom. The van der Waals surface area contributed by atoms with E-state index in [0.717, 1.165) is 16.6 Å². The molecule has 0 N–H and O–H groups in total. The lowest BCUT2D eigenvalue weighted by atomic mass is 9.90. The van der Waals surface area contributed by atoms with Gasteiger partial charge in [-0.2, -0.15) is 0 Å². The van der Waals surface area contributed by atoms with Crippen molar-refractivity contribution < 1.29 is 4.42 Å². The van der Waals surface area contributed by atoms with E-state index in [1.165, 1.54) is 54.7 Å². The largest absolute Gasteiger partial charge is 0.455 e. The zero-order valence-corrected chi connectivity index (χ0v) is 18.9. The first kappa shape index (κ1) is 19.1. The van der Waals surface area contributed by atoms with Gasteiger partial charge in [0.1, 0.15) is 11.2 Å². The predicted octanol–water partition coefficient (Wildman–Crippen LogP) is 9.53. The Bertz CT molecular complexity index is 1840. The molecule has 0 spiro atoms. The molecule has 1 aromatic heterocycles. The van der Waals surface area contributed by atoms with E-state index in [1.54, 1.807) is 0 Å². The van der Waals surface area contributed by atoms with Crippen molar-refractivity contribution in [1.82, 2.24) is 0 Å². The van der Waals surface area contributed by atoms with Gasteiger partial charge in [0, 0.05) is 21.7 Å². The maximum atomic E-state index is 6.83. The highest BCUT2D eigenvalue weighted by Crippen LogP contribution is 2.46. The molecule has 0 radical (unpaired) electrons. The third-order valence-corrected chi connectivity index (χ3v) is 7.05. The number of rotatable bonds is 2. The van der Waals surface area contributed by atoms with Crippen molar-refractivity contribution in [2.24, 2.45) is 0 Å². The molecule has 0 atom stereocenters. The highest BCUT2D eigenvalue weighted by atomic mass is 16.3. The molecule has 160 valence electrons. The standard InChI is InChI=1S/C33H22O/c1-21-24-16-8-10-18-26(24)31(23-14-6-3-7-15-23)33-30(21)29-20-28(22-12-4-2-5-13-22)25-17-9-11-19-27(25)32(29)34-33/h2-20H,1H3. The van der Waals surface area contributed by atoms with Crippen LogP contribution in [-0.4, -0.2) is 0 Å². The van der Waals surface area contributed by atoms with Gasteiger partial charge in [-0.25, -0.2) is 0 Å². The Labute approximate surface area is 197 Å². The van der Waals surface area contributed by atoms with E-state index in [-0.39, 0.29) is 0 Å². The number of hydrogen-bond donors (Lipinski definition) is 0. The summed E-state index contributed by atoms with van der Waals surface area (Å²) in [6, 6.07) is 40.9. The molecule has 0 aliphatic rings. The quantitative estimate of drug-likeness (QED) is 0.264. The van der Waals surface area contributed by atoms with Gasteiger partial charge in [0.15, 0.2) is 0 Å². The summed E-state index contributed by atoms with van der Waals surface area (Å²) in [6.07, 6.45) is 0. The Kier molecular flexibility index (Phi) is 4.13. The summed E-state index contributed by atoms with van der Waals surface area (Å²) in [4.78, 5) is 0. The molecule has 0 bridgehead atoms. The molecule has 1 heteroatoms. The summed E-state index contributed by atoms with van der Waals surface area (Å²) in [5.74, 6) is 0. The van der Waals surface area contributed by atoms with Crippen molar-refractivity contribution in [2.75, 3.05) is 0 Å². The van der Waals surface area contributed by atoms with Crippen LogP contribution < -0.4 is 0 Å².